The lowest BCUT2D eigenvalue weighted by Gasteiger charge is -2.12. The first-order chi connectivity index (χ1) is 9.13. The molecule has 0 saturated heterocycles. The monoisotopic (exact) mass is 279 g/mol. The lowest BCUT2D eigenvalue weighted by atomic mass is 10.2. The van der Waals surface area contributed by atoms with Gasteiger partial charge in [-0.05, 0) is 26.0 Å². The fourth-order valence-corrected chi connectivity index (χ4v) is 2.33. The van der Waals surface area contributed by atoms with Crippen LogP contribution < -0.4 is 10.6 Å². The van der Waals surface area contributed by atoms with Crippen molar-refractivity contribution in [3.63, 3.8) is 0 Å². The molecular weight excluding hydrogens is 262 g/mol. The molecule has 0 saturated carbocycles. The third-order valence-electron chi connectivity index (χ3n) is 2.56. The average molecular weight is 279 g/mol. The van der Waals surface area contributed by atoms with E-state index >= 15 is 0 Å². The van der Waals surface area contributed by atoms with Crippen LogP contribution in [-0.4, -0.2) is 17.1 Å². The highest BCUT2D eigenvalue weighted by atomic mass is 32.1. The number of nitrogens with zero attached hydrogens (tertiary/aromatic N) is 1. The molecule has 5 nitrogen and oxygen atoms in total. The van der Waals surface area contributed by atoms with Gasteiger partial charge in [0.2, 0.25) is 0 Å². The molecular formula is C13H17N3O2S. The number of amides is 2. The summed E-state index contributed by atoms with van der Waals surface area (Å²) >= 11 is 1.58. The molecule has 2 aromatic heterocycles. The molecule has 2 aromatic rings. The van der Waals surface area contributed by atoms with Gasteiger partial charge in [-0.15, -0.1) is 11.3 Å². The van der Waals surface area contributed by atoms with Crippen LogP contribution in [0.3, 0.4) is 0 Å². The Morgan fingerprint density at radius 1 is 1.58 bits per heavy atom. The van der Waals surface area contributed by atoms with Crippen molar-refractivity contribution < 1.29 is 9.21 Å². The first-order valence-electron chi connectivity index (χ1n) is 6.11. The van der Waals surface area contributed by atoms with E-state index in [0.29, 0.717) is 13.0 Å². The number of urea groups is 1. The minimum absolute atomic E-state index is 0.0170. The summed E-state index contributed by atoms with van der Waals surface area (Å²) in [6.45, 7) is 4.33. The van der Waals surface area contributed by atoms with Crippen molar-refractivity contribution in [2.75, 3.05) is 0 Å². The van der Waals surface area contributed by atoms with Crippen LogP contribution in [-0.2, 0) is 13.0 Å². The molecule has 2 N–H and O–H groups in total. The third kappa shape index (κ3) is 4.40. The largest absolute Gasteiger partial charge is 0.469 e. The van der Waals surface area contributed by atoms with Gasteiger partial charge in [0.05, 0.1) is 23.5 Å². The van der Waals surface area contributed by atoms with Crippen molar-refractivity contribution in [1.82, 2.24) is 15.6 Å². The van der Waals surface area contributed by atoms with Gasteiger partial charge < -0.3 is 15.1 Å². The van der Waals surface area contributed by atoms with E-state index in [4.69, 9.17) is 4.42 Å². The SMILES string of the molecule is Cc1nc(CNC(=O)N[C@H](C)Cc2ccco2)cs1. The van der Waals surface area contributed by atoms with E-state index < -0.39 is 0 Å². The molecule has 0 aromatic carbocycles. The normalized spacial score (nSPS) is 12.1. The van der Waals surface area contributed by atoms with E-state index in [2.05, 4.69) is 15.6 Å². The maximum Gasteiger partial charge on any atom is 0.315 e. The molecule has 0 aliphatic carbocycles. The number of carbonyl (C=O) groups is 1. The number of furan rings is 1. The van der Waals surface area contributed by atoms with Gasteiger partial charge >= 0.3 is 6.03 Å². The van der Waals surface area contributed by atoms with Gasteiger partial charge in [-0.25, -0.2) is 9.78 Å². The van der Waals surface area contributed by atoms with E-state index in [9.17, 15) is 4.79 Å². The summed E-state index contributed by atoms with van der Waals surface area (Å²) in [6, 6.07) is 3.56. The topological polar surface area (TPSA) is 67.2 Å². The maximum atomic E-state index is 11.7. The van der Waals surface area contributed by atoms with Gasteiger partial charge in [-0.2, -0.15) is 0 Å². The number of hydrogen-bond donors (Lipinski definition) is 2. The minimum Gasteiger partial charge on any atom is -0.469 e. The van der Waals surface area contributed by atoms with E-state index in [1.807, 2.05) is 31.4 Å². The zero-order chi connectivity index (χ0) is 13.7. The van der Waals surface area contributed by atoms with Crippen LogP contribution in [0, 0.1) is 6.92 Å². The van der Waals surface area contributed by atoms with Gasteiger partial charge in [0.25, 0.3) is 0 Å². The highest BCUT2D eigenvalue weighted by Gasteiger charge is 2.09. The van der Waals surface area contributed by atoms with Gasteiger partial charge in [0, 0.05) is 17.8 Å². The first-order valence-corrected chi connectivity index (χ1v) is 6.99. The van der Waals surface area contributed by atoms with Gasteiger partial charge in [0.15, 0.2) is 0 Å². The van der Waals surface area contributed by atoms with Gasteiger partial charge in [0.1, 0.15) is 5.76 Å². The molecule has 19 heavy (non-hydrogen) atoms. The van der Waals surface area contributed by atoms with Crippen molar-refractivity contribution in [1.29, 1.82) is 0 Å². The van der Waals surface area contributed by atoms with E-state index in [-0.39, 0.29) is 12.1 Å². The Kier molecular flexibility index (Phi) is 4.57. The average Bonchev–Trinajstić information content (AvgIpc) is 2.98. The number of aryl methyl sites for hydroxylation is 1. The molecule has 0 unspecified atom stereocenters. The summed E-state index contributed by atoms with van der Waals surface area (Å²) in [6.07, 6.45) is 2.31. The van der Waals surface area contributed by atoms with Crippen LogP contribution in [0.15, 0.2) is 28.2 Å². The molecule has 2 heterocycles. The number of hydrogen-bond acceptors (Lipinski definition) is 4. The van der Waals surface area contributed by atoms with Gasteiger partial charge in [-0.3, -0.25) is 0 Å². The van der Waals surface area contributed by atoms with Crippen LogP contribution >= 0.6 is 11.3 Å². The number of rotatable bonds is 5. The second-order valence-corrected chi connectivity index (χ2v) is 5.43. The number of thiazole rings is 1. The second kappa shape index (κ2) is 6.38. The second-order valence-electron chi connectivity index (χ2n) is 4.37. The van der Waals surface area contributed by atoms with Crippen LogP contribution in [0.2, 0.25) is 0 Å². The Balaban J connectivity index is 1.71. The summed E-state index contributed by atoms with van der Waals surface area (Å²) in [7, 11) is 0. The van der Waals surface area contributed by atoms with Crippen molar-refractivity contribution >= 4 is 17.4 Å². The Hall–Kier alpha value is -1.82. The number of carbonyl (C=O) groups excluding carboxylic acids is 1. The standard InChI is InChI=1S/C13H17N3O2S/c1-9(6-12-4-3-5-18-12)15-13(17)14-7-11-8-19-10(2)16-11/h3-5,8-9H,6-7H2,1-2H3,(H2,14,15,17)/t9-/m1/s1. The predicted octanol–water partition coefficient (Wildman–Crippen LogP) is 2.47. The van der Waals surface area contributed by atoms with Crippen LogP contribution in [0.25, 0.3) is 0 Å². The van der Waals surface area contributed by atoms with Crippen molar-refractivity contribution in [3.05, 3.63) is 40.2 Å². The Labute approximate surface area is 116 Å². The number of aromatic nitrogens is 1. The summed E-state index contributed by atoms with van der Waals surface area (Å²) in [4.78, 5) is 16.0. The molecule has 1 atom stereocenters. The smallest absolute Gasteiger partial charge is 0.315 e. The Morgan fingerprint density at radius 2 is 2.42 bits per heavy atom. The predicted molar refractivity (Wildman–Crippen MR) is 74.1 cm³/mol. The zero-order valence-corrected chi connectivity index (χ0v) is 11.8. The lowest BCUT2D eigenvalue weighted by Crippen LogP contribution is -2.41. The van der Waals surface area contributed by atoms with Crippen molar-refractivity contribution in [3.8, 4) is 0 Å². The molecule has 0 radical (unpaired) electrons. The maximum absolute atomic E-state index is 11.7. The minimum atomic E-state index is -0.190. The summed E-state index contributed by atoms with van der Waals surface area (Å²) in [5, 5.41) is 8.60. The fourth-order valence-electron chi connectivity index (χ4n) is 1.72. The highest BCUT2D eigenvalue weighted by molar-refractivity contribution is 7.09. The molecule has 6 heteroatoms. The molecule has 0 aliphatic heterocycles. The molecule has 2 rings (SSSR count). The number of nitrogens with one attached hydrogen (secondary N) is 2. The molecule has 0 spiro atoms. The van der Waals surface area contributed by atoms with Crippen LogP contribution in [0.5, 0.6) is 0 Å². The quantitative estimate of drug-likeness (QED) is 0.883. The molecule has 2 amide bonds. The summed E-state index contributed by atoms with van der Waals surface area (Å²) < 4.78 is 5.24. The third-order valence-corrected chi connectivity index (χ3v) is 3.38. The molecule has 0 aliphatic rings. The van der Waals surface area contributed by atoms with Crippen LogP contribution in [0.1, 0.15) is 23.4 Å². The highest BCUT2D eigenvalue weighted by Crippen LogP contribution is 2.07. The van der Waals surface area contributed by atoms with Crippen molar-refractivity contribution in [2.24, 2.45) is 0 Å². The van der Waals surface area contributed by atoms with E-state index in [1.165, 1.54) is 0 Å². The first kappa shape index (κ1) is 13.6. The zero-order valence-electron chi connectivity index (χ0n) is 11.0. The summed E-state index contributed by atoms with van der Waals surface area (Å²) in [5.41, 5.74) is 0.885. The molecule has 0 bridgehead atoms. The fraction of sp³-hybridized carbons (Fsp3) is 0.385. The van der Waals surface area contributed by atoms with Gasteiger partial charge in [-0.1, -0.05) is 0 Å². The van der Waals surface area contributed by atoms with Crippen LogP contribution in [0.4, 0.5) is 4.79 Å². The summed E-state index contributed by atoms with van der Waals surface area (Å²) in [5.74, 6) is 0.864. The van der Waals surface area contributed by atoms with E-state index in [0.717, 1.165) is 16.5 Å². The molecule has 102 valence electrons. The lowest BCUT2D eigenvalue weighted by molar-refractivity contribution is 0.237. The molecule has 0 fully saturated rings. The Morgan fingerprint density at radius 3 is 3.05 bits per heavy atom. The van der Waals surface area contributed by atoms with E-state index in [1.54, 1.807) is 17.6 Å². The Bertz CT molecular complexity index is 522. The van der Waals surface area contributed by atoms with Crippen molar-refractivity contribution in [2.45, 2.75) is 32.9 Å².